The molecule has 0 spiro atoms. The highest BCUT2D eigenvalue weighted by atomic mass is 32.1. The Morgan fingerprint density at radius 1 is 1.03 bits per heavy atom. The van der Waals surface area contributed by atoms with Gasteiger partial charge in [0.15, 0.2) is 0 Å². The summed E-state index contributed by atoms with van der Waals surface area (Å²) in [5, 5.41) is 0.884. The van der Waals surface area contributed by atoms with E-state index in [9.17, 15) is 4.79 Å². The largest absolute Gasteiger partial charge is 0.364 e. The average Bonchev–Trinajstić information content (AvgIpc) is 3.20. The van der Waals surface area contributed by atoms with E-state index in [2.05, 4.69) is 54.3 Å². The number of rotatable bonds is 7. The highest BCUT2D eigenvalue weighted by Crippen LogP contribution is 2.41. The summed E-state index contributed by atoms with van der Waals surface area (Å²) in [4.78, 5) is 20.0. The molecule has 4 nitrogen and oxygen atoms in total. The second-order valence-corrected chi connectivity index (χ2v) is 9.91. The minimum atomic E-state index is -0.418. The van der Waals surface area contributed by atoms with Crippen LogP contribution in [0.1, 0.15) is 52.7 Å². The van der Waals surface area contributed by atoms with E-state index in [1.807, 2.05) is 30.3 Å². The Kier molecular flexibility index (Phi) is 6.83. The van der Waals surface area contributed by atoms with E-state index in [-0.39, 0.29) is 0 Å². The Hall–Kier alpha value is -2.50. The fraction of sp³-hybridized carbons (Fsp3) is 0.385. The Balaban J connectivity index is 1.45. The van der Waals surface area contributed by atoms with Gasteiger partial charge in [-0.05, 0) is 63.6 Å². The molecular weight excluding hydrogens is 402 g/mol. The molecule has 5 heteroatoms. The third-order valence-electron chi connectivity index (χ3n) is 6.46. The van der Waals surface area contributed by atoms with Crippen molar-refractivity contribution in [1.29, 1.82) is 0 Å². The predicted molar refractivity (Wildman–Crippen MR) is 128 cm³/mol. The molecule has 0 radical (unpaired) electrons. The maximum absolute atomic E-state index is 12.0. The minimum Gasteiger partial charge on any atom is -0.364 e. The summed E-state index contributed by atoms with van der Waals surface area (Å²) in [6.07, 6.45) is 5.67. The number of hydrogen-bond donors (Lipinski definition) is 1. The maximum atomic E-state index is 12.0. The summed E-state index contributed by atoms with van der Waals surface area (Å²) < 4.78 is 0. The van der Waals surface area contributed by atoms with Gasteiger partial charge >= 0.3 is 0 Å². The van der Waals surface area contributed by atoms with Crippen LogP contribution < -0.4 is 5.73 Å². The summed E-state index contributed by atoms with van der Waals surface area (Å²) >= 11 is 1.62. The number of amides is 1. The zero-order chi connectivity index (χ0) is 21.8. The van der Waals surface area contributed by atoms with Crippen LogP contribution in [0.4, 0.5) is 0 Å². The molecule has 162 valence electrons. The first-order valence-corrected chi connectivity index (χ1v) is 11.9. The molecule has 0 aliphatic heterocycles. The number of thiazole rings is 1. The molecule has 2 N–H and O–H groups in total. The number of primary amides is 1. The van der Waals surface area contributed by atoms with Crippen molar-refractivity contribution in [3.8, 4) is 10.6 Å². The standard InChI is InChI=1S/C26H31N3OS/c1-29(2)24(19-9-5-3-6-10-19)20-15-13-18(14-16-20)17-22-23(25(27)30)28-26(31-22)21-11-7-4-8-12-21/h3-12,18,20,24H,13-17H2,1-2H3,(H2,27,30). The van der Waals surface area contributed by atoms with Crippen LogP contribution in [0.15, 0.2) is 60.7 Å². The van der Waals surface area contributed by atoms with Crippen molar-refractivity contribution in [3.05, 3.63) is 76.8 Å². The summed E-state index contributed by atoms with van der Waals surface area (Å²) in [7, 11) is 4.37. The summed E-state index contributed by atoms with van der Waals surface area (Å²) in [6, 6.07) is 21.4. The molecule has 0 bridgehead atoms. The van der Waals surface area contributed by atoms with E-state index in [0.29, 0.717) is 23.6 Å². The summed E-state index contributed by atoms with van der Waals surface area (Å²) in [5.74, 6) is 0.821. The van der Waals surface area contributed by atoms with E-state index < -0.39 is 5.91 Å². The number of hydrogen-bond acceptors (Lipinski definition) is 4. The third kappa shape index (κ3) is 5.05. The normalized spacial score (nSPS) is 20.0. The highest BCUT2D eigenvalue weighted by molar-refractivity contribution is 7.15. The van der Waals surface area contributed by atoms with Gasteiger partial charge in [0.05, 0.1) is 0 Å². The second-order valence-electron chi connectivity index (χ2n) is 8.83. The number of carbonyl (C=O) groups is 1. The smallest absolute Gasteiger partial charge is 0.268 e. The van der Waals surface area contributed by atoms with Gasteiger partial charge in [0, 0.05) is 16.5 Å². The molecule has 1 amide bonds. The molecule has 2 aromatic carbocycles. The second kappa shape index (κ2) is 9.75. The van der Waals surface area contributed by atoms with Gasteiger partial charge in [-0.1, -0.05) is 60.7 Å². The van der Waals surface area contributed by atoms with E-state index in [1.165, 1.54) is 31.2 Å². The van der Waals surface area contributed by atoms with Crippen molar-refractivity contribution in [2.24, 2.45) is 17.6 Å². The van der Waals surface area contributed by atoms with Gasteiger partial charge in [0.25, 0.3) is 5.91 Å². The van der Waals surface area contributed by atoms with Crippen molar-refractivity contribution in [2.45, 2.75) is 38.1 Å². The lowest BCUT2D eigenvalue weighted by Crippen LogP contribution is -2.30. The number of benzene rings is 2. The van der Waals surface area contributed by atoms with Crippen LogP contribution in [0.3, 0.4) is 0 Å². The zero-order valence-electron chi connectivity index (χ0n) is 18.3. The van der Waals surface area contributed by atoms with Gasteiger partial charge in [-0.15, -0.1) is 11.3 Å². The fourth-order valence-corrected chi connectivity index (χ4v) is 6.19. The fourth-order valence-electron chi connectivity index (χ4n) is 5.00. The van der Waals surface area contributed by atoms with Crippen molar-refractivity contribution in [2.75, 3.05) is 14.1 Å². The highest BCUT2D eigenvalue weighted by Gasteiger charge is 2.31. The van der Waals surface area contributed by atoms with Gasteiger partial charge in [0.2, 0.25) is 0 Å². The average molecular weight is 434 g/mol. The Bertz CT molecular complexity index is 992. The predicted octanol–water partition coefficient (Wildman–Crippen LogP) is 5.56. The Labute approximate surface area is 189 Å². The molecule has 1 heterocycles. The summed E-state index contributed by atoms with van der Waals surface area (Å²) in [5.41, 5.74) is 8.58. The summed E-state index contributed by atoms with van der Waals surface area (Å²) in [6.45, 7) is 0. The molecule has 31 heavy (non-hydrogen) atoms. The molecule has 1 aliphatic carbocycles. The van der Waals surface area contributed by atoms with Gasteiger partial charge in [-0.3, -0.25) is 4.79 Å². The molecular formula is C26H31N3OS. The minimum absolute atomic E-state index is 0.418. The van der Waals surface area contributed by atoms with Crippen LogP contribution in [-0.4, -0.2) is 29.9 Å². The van der Waals surface area contributed by atoms with E-state index >= 15 is 0 Å². The Morgan fingerprint density at radius 3 is 2.23 bits per heavy atom. The lowest BCUT2D eigenvalue weighted by Gasteiger charge is -2.37. The molecule has 1 fully saturated rings. The molecule has 1 aromatic heterocycles. The van der Waals surface area contributed by atoms with Gasteiger partial charge < -0.3 is 10.6 Å². The van der Waals surface area contributed by atoms with E-state index in [4.69, 9.17) is 5.73 Å². The molecule has 1 unspecified atom stereocenters. The first-order valence-electron chi connectivity index (χ1n) is 11.1. The number of nitrogens with zero attached hydrogens (tertiary/aromatic N) is 2. The Morgan fingerprint density at radius 2 is 1.65 bits per heavy atom. The lowest BCUT2D eigenvalue weighted by molar-refractivity contribution is 0.0994. The van der Waals surface area contributed by atoms with Crippen molar-refractivity contribution < 1.29 is 4.79 Å². The maximum Gasteiger partial charge on any atom is 0.268 e. The van der Waals surface area contributed by atoms with E-state index in [1.54, 1.807) is 11.3 Å². The van der Waals surface area contributed by atoms with Gasteiger partial charge in [-0.25, -0.2) is 4.98 Å². The molecule has 3 aromatic rings. The molecule has 4 rings (SSSR count). The molecule has 1 aliphatic rings. The van der Waals surface area contributed by atoms with Gasteiger partial charge in [-0.2, -0.15) is 0 Å². The molecule has 1 atom stereocenters. The zero-order valence-corrected chi connectivity index (χ0v) is 19.1. The van der Waals surface area contributed by atoms with Crippen LogP contribution in [0.25, 0.3) is 10.6 Å². The van der Waals surface area contributed by atoms with E-state index in [0.717, 1.165) is 21.9 Å². The lowest BCUT2D eigenvalue weighted by atomic mass is 9.75. The molecule has 0 saturated heterocycles. The van der Waals surface area contributed by atoms with Crippen LogP contribution in [0, 0.1) is 11.8 Å². The number of nitrogens with two attached hydrogens (primary N) is 1. The number of aromatic nitrogens is 1. The SMILES string of the molecule is CN(C)C(c1ccccc1)C1CCC(Cc2sc(-c3ccccc3)nc2C(N)=O)CC1. The first-order chi connectivity index (χ1) is 15.0. The van der Waals surface area contributed by atoms with Crippen molar-refractivity contribution in [3.63, 3.8) is 0 Å². The van der Waals surface area contributed by atoms with Crippen molar-refractivity contribution >= 4 is 17.2 Å². The van der Waals surface area contributed by atoms with Crippen LogP contribution in [-0.2, 0) is 6.42 Å². The van der Waals surface area contributed by atoms with Crippen LogP contribution >= 0.6 is 11.3 Å². The quantitative estimate of drug-likeness (QED) is 0.531. The van der Waals surface area contributed by atoms with Gasteiger partial charge in [0.1, 0.15) is 10.7 Å². The van der Waals surface area contributed by atoms with Crippen LogP contribution in [0.2, 0.25) is 0 Å². The monoisotopic (exact) mass is 433 g/mol. The first kappa shape index (κ1) is 21.7. The third-order valence-corrected chi connectivity index (χ3v) is 7.59. The van der Waals surface area contributed by atoms with Crippen molar-refractivity contribution in [1.82, 2.24) is 9.88 Å². The molecule has 1 saturated carbocycles. The topological polar surface area (TPSA) is 59.2 Å². The van der Waals surface area contributed by atoms with Crippen LogP contribution in [0.5, 0.6) is 0 Å². The number of carbonyl (C=O) groups excluding carboxylic acids is 1.